The van der Waals surface area contributed by atoms with Crippen molar-refractivity contribution < 1.29 is 14.6 Å². The fourth-order valence-electron chi connectivity index (χ4n) is 2.03. The molecule has 4 nitrogen and oxygen atoms in total. The number of nitriles is 1. The predicted molar refractivity (Wildman–Crippen MR) is 56.2 cm³/mol. The largest absolute Gasteiger partial charge is 0.508 e. The van der Waals surface area contributed by atoms with Crippen molar-refractivity contribution in [3.63, 3.8) is 0 Å². The fraction of sp³-hybridized carbons (Fsp3) is 0.333. The number of rotatable bonds is 2. The highest BCUT2D eigenvalue weighted by Crippen LogP contribution is 2.45. The van der Waals surface area contributed by atoms with E-state index in [1.54, 1.807) is 6.07 Å². The van der Waals surface area contributed by atoms with Crippen LogP contribution in [0.4, 0.5) is 0 Å². The molecule has 4 heteroatoms. The number of methoxy groups -OCH3 is 1. The first-order valence-corrected chi connectivity index (χ1v) is 4.92. The van der Waals surface area contributed by atoms with Gasteiger partial charge in [-0.05, 0) is 6.07 Å². The molecule has 16 heavy (non-hydrogen) atoms. The lowest BCUT2D eigenvalue weighted by Gasteiger charge is -2.34. The van der Waals surface area contributed by atoms with Gasteiger partial charge in [0.1, 0.15) is 17.3 Å². The molecule has 0 radical (unpaired) electrons. The maximum atomic E-state index is 11.1. The topological polar surface area (TPSA) is 70.3 Å². The molecule has 82 valence electrons. The SMILES string of the molecule is COc1cc(O)ccc1C1(C#N)CC(=O)C1. The molecule has 1 fully saturated rings. The van der Waals surface area contributed by atoms with Crippen LogP contribution in [0, 0.1) is 11.3 Å². The van der Waals surface area contributed by atoms with Gasteiger partial charge in [-0.3, -0.25) is 4.79 Å². The molecule has 0 heterocycles. The molecule has 1 aliphatic carbocycles. The summed E-state index contributed by atoms with van der Waals surface area (Å²) in [5, 5.41) is 18.5. The molecule has 0 spiro atoms. The summed E-state index contributed by atoms with van der Waals surface area (Å²) in [6.07, 6.45) is 0.454. The summed E-state index contributed by atoms with van der Waals surface area (Å²) in [7, 11) is 1.48. The number of hydrogen-bond donors (Lipinski definition) is 1. The van der Waals surface area contributed by atoms with E-state index in [9.17, 15) is 15.2 Å². The molecule has 2 rings (SSSR count). The van der Waals surface area contributed by atoms with Crippen LogP contribution in [0.15, 0.2) is 18.2 Å². The van der Waals surface area contributed by atoms with E-state index in [1.165, 1.54) is 19.2 Å². The second-order valence-corrected chi connectivity index (χ2v) is 3.97. The third-order valence-electron chi connectivity index (χ3n) is 2.91. The van der Waals surface area contributed by atoms with E-state index in [-0.39, 0.29) is 24.4 Å². The lowest BCUT2D eigenvalue weighted by Crippen LogP contribution is -2.40. The van der Waals surface area contributed by atoms with Crippen molar-refractivity contribution in [2.24, 2.45) is 0 Å². The minimum Gasteiger partial charge on any atom is -0.508 e. The molecule has 1 saturated carbocycles. The van der Waals surface area contributed by atoms with Gasteiger partial charge < -0.3 is 9.84 Å². The highest BCUT2D eigenvalue weighted by molar-refractivity contribution is 5.90. The van der Waals surface area contributed by atoms with Crippen molar-refractivity contribution in [3.8, 4) is 17.6 Å². The van der Waals surface area contributed by atoms with Crippen molar-refractivity contribution >= 4 is 5.78 Å². The minimum absolute atomic E-state index is 0.0803. The zero-order valence-corrected chi connectivity index (χ0v) is 8.86. The van der Waals surface area contributed by atoms with Gasteiger partial charge in [-0.1, -0.05) is 6.07 Å². The first-order chi connectivity index (χ1) is 7.61. The number of phenols is 1. The summed E-state index contributed by atoms with van der Waals surface area (Å²) in [4.78, 5) is 11.1. The summed E-state index contributed by atoms with van der Waals surface area (Å²) in [6.45, 7) is 0. The molecule has 0 atom stereocenters. The van der Waals surface area contributed by atoms with Gasteiger partial charge in [0.25, 0.3) is 0 Å². The van der Waals surface area contributed by atoms with E-state index in [0.717, 1.165) is 0 Å². The van der Waals surface area contributed by atoms with Crippen LogP contribution in [-0.4, -0.2) is 18.0 Å². The summed E-state index contributed by atoms with van der Waals surface area (Å²) >= 11 is 0. The quantitative estimate of drug-likeness (QED) is 0.815. The van der Waals surface area contributed by atoms with E-state index in [2.05, 4.69) is 6.07 Å². The lowest BCUT2D eigenvalue weighted by molar-refractivity contribution is -0.126. The van der Waals surface area contributed by atoms with Gasteiger partial charge in [0.2, 0.25) is 0 Å². The molecule has 0 aromatic heterocycles. The fourth-order valence-corrected chi connectivity index (χ4v) is 2.03. The van der Waals surface area contributed by atoms with Crippen LogP contribution in [0.1, 0.15) is 18.4 Å². The number of aromatic hydroxyl groups is 1. The van der Waals surface area contributed by atoms with Crippen molar-refractivity contribution in [2.45, 2.75) is 18.3 Å². The molecular formula is C12H11NO3. The highest BCUT2D eigenvalue weighted by Gasteiger charge is 2.47. The van der Waals surface area contributed by atoms with E-state index in [4.69, 9.17) is 4.74 Å². The molecule has 1 N–H and O–H groups in total. The number of carbonyl (C=O) groups is 1. The van der Waals surface area contributed by atoms with E-state index >= 15 is 0 Å². The standard InChI is InChI=1S/C12H11NO3/c1-16-11-4-8(14)2-3-10(11)12(7-13)5-9(15)6-12/h2-4,14H,5-6H2,1H3. The van der Waals surface area contributed by atoms with Crippen molar-refractivity contribution in [3.05, 3.63) is 23.8 Å². The Morgan fingerprint density at radius 1 is 1.50 bits per heavy atom. The molecule has 0 amide bonds. The number of ketones is 1. The summed E-state index contributed by atoms with van der Waals surface area (Å²) in [5.41, 5.74) is -0.0919. The number of nitrogens with zero attached hydrogens (tertiary/aromatic N) is 1. The van der Waals surface area contributed by atoms with Crippen LogP contribution in [0.5, 0.6) is 11.5 Å². The zero-order chi connectivity index (χ0) is 11.8. The number of phenolic OH excluding ortho intramolecular Hbond substituents is 1. The van der Waals surface area contributed by atoms with Gasteiger partial charge in [-0.2, -0.15) is 5.26 Å². The Hall–Kier alpha value is -2.02. The van der Waals surface area contributed by atoms with Gasteiger partial charge in [-0.15, -0.1) is 0 Å². The Kier molecular flexibility index (Phi) is 2.31. The highest BCUT2D eigenvalue weighted by atomic mass is 16.5. The monoisotopic (exact) mass is 217 g/mol. The van der Waals surface area contributed by atoms with Crippen molar-refractivity contribution in [1.29, 1.82) is 5.26 Å². The van der Waals surface area contributed by atoms with E-state index in [0.29, 0.717) is 11.3 Å². The van der Waals surface area contributed by atoms with Gasteiger partial charge >= 0.3 is 0 Å². The second-order valence-electron chi connectivity index (χ2n) is 3.97. The Morgan fingerprint density at radius 2 is 2.19 bits per heavy atom. The molecular weight excluding hydrogens is 206 g/mol. The Balaban J connectivity index is 2.48. The number of hydrogen-bond acceptors (Lipinski definition) is 4. The maximum absolute atomic E-state index is 11.1. The number of Topliss-reactive ketones (excluding diaryl/α,β-unsaturated/α-hetero) is 1. The number of ether oxygens (including phenoxy) is 1. The number of carbonyl (C=O) groups excluding carboxylic acids is 1. The third kappa shape index (κ3) is 1.41. The van der Waals surface area contributed by atoms with Crippen LogP contribution in [0.2, 0.25) is 0 Å². The Morgan fingerprint density at radius 3 is 2.69 bits per heavy atom. The van der Waals surface area contributed by atoms with Crippen molar-refractivity contribution in [2.75, 3.05) is 7.11 Å². The van der Waals surface area contributed by atoms with Crippen molar-refractivity contribution in [1.82, 2.24) is 0 Å². The van der Waals surface area contributed by atoms with Crippen LogP contribution in [0.25, 0.3) is 0 Å². The van der Waals surface area contributed by atoms with Gasteiger partial charge in [0.05, 0.1) is 18.6 Å². The summed E-state index contributed by atoms with van der Waals surface area (Å²) < 4.78 is 5.12. The zero-order valence-electron chi connectivity index (χ0n) is 8.86. The van der Waals surface area contributed by atoms with E-state index in [1.807, 2.05) is 0 Å². The van der Waals surface area contributed by atoms with Gasteiger partial charge in [-0.25, -0.2) is 0 Å². The van der Waals surface area contributed by atoms with Gasteiger partial charge in [0.15, 0.2) is 0 Å². The normalized spacial score (nSPS) is 17.4. The second kappa shape index (κ2) is 3.53. The molecule has 0 saturated heterocycles. The summed E-state index contributed by atoms with van der Waals surface area (Å²) in [5.74, 6) is 0.616. The average molecular weight is 217 g/mol. The van der Waals surface area contributed by atoms with Crippen LogP contribution in [0.3, 0.4) is 0 Å². The molecule has 0 bridgehead atoms. The van der Waals surface area contributed by atoms with Crippen LogP contribution in [-0.2, 0) is 10.2 Å². The smallest absolute Gasteiger partial charge is 0.136 e. The first kappa shape index (κ1) is 10.5. The predicted octanol–water partition coefficient (Wildman–Crippen LogP) is 1.53. The minimum atomic E-state index is -0.768. The Bertz CT molecular complexity index is 480. The third-order valence-corrected chi connectivity index (χ3v) is 2.91. The average Bonchev–Trinajstić information content (AvgIpc) is 2.24. The number of benzene rings is 1. The molecule has 1 aromatic rings. The van der Waals surface area contributed by atoms with Crippen LogP contribution >= 0.6 is 0 Å². The molecule has 0 unspecified atom stereocenters. The maximum Gasteiger partial charge on any atom is 0.136 e. The lowest BCUT2D eigenvalue weighted by atomic mass is 9.64. The van der Waals surface area contributed by atoms with E-state index < -0.39 is 5.41 Å². The van der Waals surface area contributed by atoms with Crippen LogP contribution < -0.4 is 4.74 Å². The first-order valence-electron chi connectivity index (χ1n) is 4.92. The molecule has 1 aliphatic rings. The molecule has 0 aliphatic heterocycles. The van der Waals surface area contributed by atoms with Gasteiger partial charge in [0, 0.05) is 24.5 Å². The molecule has 1 aromatic carbocycles. The Labute approximate surface area is 93.1 Å². The summed E-state index contributed by atoms with van der Waals surface area (Å²) in [6, 6.07) is 6.77.